The van der Waals surface area contributed by atoms with Crippen molar-refractivity contribution in [3.8, 4) is 16.9 Å². The summed E-state index contributed by atoms with van der Waals surface area (Å²) in [7, 11) is 1.65. The van der Waals surface area contributed by atoms with Crippen LogP contribution in [0.3, 0.4) is 0 Å². The van der Waals surface area contributed by atoms with Crippen molar-refractivity contribution in [3.05, 3.63) is 47.5 Å². The van der Waals surface area contributed by atoms with Gasteiger partial charge in [0.25, 0.3) is 0 Å². The number of methoxy groups -OCH3 is 1. The molecular formula is C17H18O2S. The smallest absolute Gasteiger partial charge is 0.159 e. The van der Waals surface area contributed by atoms with Crippen LogP contribution >= 0.6 is 11.8 Å². The van der Waals surface area contributed by atoms with Gasteiger partial charge in [-0.1, -0.05) is 6.07 Å². The van der Waals surface area contributed by atoms with Gasteiger partial charge in [-0.3, -0.25) is 4.79 Å². The molecule has 0 radical (unpaired) electrons. The van der Waals surface area contributed by atoms with Gasteiger partial charge in [0.2, 0.25) is 0 Å². The van der Waals surface area contributed by atoms with Crippen LogP contribution in [0.15, 0.2) is 41.3 Å². The first kappa shape index (κ1) is 14.7. The van der Waals surface area contributed by atoms with Crippen molar-refractivity contribution in [2.75, 3.05) is 13.4 Å². The fourth-order valence-corrected chi connectivity index (χ4v) is 2.60. The second kappa shape index (κ2) is 6.14. The van der Waals surface area contributed by atoms with E-state index in [4.69, 9.17) is 4.74 Å². The third kappa shape index (κ3) is 2.88. The maximum atomic E-state index is 11.6. The Bertz CT molecular complexity index is 647. The highest BCUT2D eigenvalue weighted by Crippen LogP contribution is 2.35. The highest BCUT2D eigenvalue weighted by Gasteiger charge is 2.12. The van der Waals surface area contributed by atoms with Gasteiger partial charge in [0.05, 0.1) is 7.11 Å². The number of hydrogen-bond donors (Lipinski definition) is 0. The SMILES string of the molecule is COc1ccc(C(C)=O)cc1-c1cc(SC)ccc1C. The monoisotopic (exact) mass is 286 g/mol. The van der Waals surface area contributed by atoms with E-state index in [-0.39, 0.29) is 5.78 Å². The zero-order valence-corrected chi connectivity index (χ0v) is 13.0. The summed E-state index contributed by atoms with van der Waals surface area (Å²) in [4.78, 5) is 12.8. The second-order valence-electron chi connectivity index (χ2n) is 4.65. The molecule has 0 N–H and O–H groups in total. The Morgan fingerprint density at radius 2 is 1.85 bits per heavy atom. The van der Waals surface area contributed by atoms with Gasteiger partial charge >= 0.3 is 0 Å². The molecule has 0 saturated heterocycles. The molecular weight excluding hydrogens is 268 g/mol. The van der Waals surface area contributed by atoms with Crippen molar-refractivity contribution in [1.82, 2.24) is 0 Å². The predicted octanol–water partition coefficient (Wildman–Crippen LogP) is 4.60. The lowest BCUT2D eigenvalue weighted by Gasteiger charge is -2.13. The van der Waals surface area contributed by atoms with Crippen molar-refractivity contribution in [2.45, 2.75) is 18.7 Å². The molecule has 2 rings (SSSR count). The van der Waals surface area contributed by atoms with Crippen LogP contribution in [0.1, 0.15) is 22.8 Å². The van der Waals surface area contributed by atoms with Crippen molar-refractivity contribution in [2.24, 2.45) is 0 Å². The van der Waals surface area contributed by atoms with Crippen LogP contribution in [-0.2, 0) is 0 Å². The van der Waals surface area contributed by atoms with E-state index < -0.39 is 0 Å². The summed E-state index contributed by atoms with van der Waals surface area (Å²) in [6.07, 6.45) is 2.05. The normalized spacial score (nSPS) is 10.4. The Hall–Kier alpha value is -1.74. The van der Waals surface area contributed by atoms with Crippen LogP contribution in [0.5, 0.6) is 5.75 Å². The maximum absolute atomic E-state index is 11.6. The fraction of sp³-hybridized carbons (Fsp3) is 0.235. The minimum absolute atomic E-state index is 0.0626. The molecule has 104 valence electrons. The second-order valence-corrected chi connectivity index (χ2v) is 5.53. The molecule has 0 aliphatic heterocycles. The molecule has 0 spiro atoms. The number of aryl methyl sites for hydroxylation is 1. The summed E-state index contributed by atoms with van der Waals surface area (Å²) in [5.41, 5.74) is 3.95. The van der Waals surface area contributed by atoms with Crippen molar-refractivity contribution in [3.63, 3.8) is 0 Å². The van der Waals surface area contributed by atoms with Crippen molar-refractivity contribution >= 4 is 17.5 Å². The summed E-state index contributed by atoms with van der Waals surface area (Å²) in [6.45, 7) is 3.65. The summed E-state index contributed by atoms with van der Waals surface area (Å²) >= 11 is 1.70. The lowest BCUT2D eigenvalue weighted by molar-refractivity contribution is 0.101. The molecule has 2 nitrogen and oxygen atoms in total. The van der Waals surface area contributed by atoms with Crippen LogP contribution in [0.2, 0.25) is 0 Å². The fourth-order valence-electron chi connectivity index (χ4n) is 2.16. The van der Waals surface area contributed by atoms with Gasteiger partial charge in [-0.2, -0.15) is 0 Å². The van der Waals surface area contributed by atoms with Gasteiger partial charge in [-0.15, -0.1) is 11.8 Å². The average Bonchev–Trinajstić information content (AvgIpc) is 2.47. The van der Waals surface area contributed by atoms with E-state index in [1.165, 1.54) is 10.5 Å². The number of benzene rings is 2. The zero-order valence-electron chi connectivity index (χ0n) is 12.2. The number of carbonyl (C=O) groups excluding carboxylic acids is 1. The van der Waals surface area contributed by atoms with E-state index in [1.807, 2.05) is 12.1 Å². The molecule has 0 heterocycles. The molecule has 0 atom stereocenters. The number of carbonyl (C=O) groups is 1. The van der Waals surface area contributed by atoms with Gasteiger partial charge < -0.3 is 4.74 Å². The Kier molecular flexibility index (Phi) is 4.50. The van der Waals surface area contributed by atoms with E-state index in [0.717, 1.165) is 16.9 Å². The topological polar surface area (TPSA) is 26.3 Å². The van der Waals surface area contributed by atoms with Gasteiger partial charge in [0.1, 0.15) is 5.75 Å². The van der Waals surface area contributed by atoms with E-state index >= 15 is 0 Å². The van der Waals surface area contributed by atoms with Crippen molar-refractivity contribution in [1.29, 1.82) is 0 Å². The molecule has 0 aromatic heterocycles. The average molecular weight is 286 g/mol. The molecule has 0 bridgehead atoms. The zero-order chi connectivity index (χ0) is 14.7. The summed E-state index contributed by atoms with van der Waals surface area (Å²) < 4.78 is 5.44. The highest BCUT2D eigenvalue weighted by atomic mass is 32.2. The Morgan fingerprint density at radius 1 is 1.10 bits per heavy atom. The summed E-state index contributed by atoms with van der Waals surface area (Å²) in [5.74, 6) is 0.851. The number of ether oxygens (including phenoxy) is 1. The van der Waals surface area contributed by atoms with Crippen molar-refractivity contribution < 1.29 is 9.53 Å². The third-order valence-corrected chi connectivity index (χ3v) is 4.07. The van der Waals surface area contributed by atoms with Gasteiger partial charge in [-0.25, -0.2) is 0 Å². The Balaban J connectivity index is 2.66. The van der Waals surface area contributed by atoms with Gasteiger partial charge in [-0.05, 0) is 61.6 Å². The van der Waals surface area contributed by atoms with Gasteiger partial charge in [0.15, 0.2) is 5.78 Å². The molecule has 0 unspecified atom stereocenters. The van der Waals surface area contributed by atoms with E-state index in [2.05, 4.69) is 31.4 Å². The first-order valence-corrected chi connectivity index (χ1v) is 7.63. The van der Waals surface area contributed by atoms with E-state index in [9.17, 15) is 4.79 Å². The van der Waals surface area contributed by atoms with Crippen LogP contribution in [0.25, 0.3) is 11.1 Å². The lowest BCUT2D eigenvalue weighted by Crippen LogP contribution is -1.96. The number of ketones is 1. The summed E-state index contributed by atoms with van der Waals surface area (Å²) in [5, 5.41) is 0. The highest BCUT2D eigenvalue weighted by molar-refractivity contribution is 7.98. The number of Topliss-reactive ketones (excluding diaryl/α,β-unsaturated/α-hetero) is 1. The largest absolute Gasteiger partial charge is 0.496 e. The predicted molar refractivity (Wildman–Crippen MR) is 85.0 cm³/mol. The third-order valence-electron chi connectivity index (χ3n) is 3.34. The molecule has 2 aromatic carbocycles. The van der Waals surface area contributed by atoms with Crippen LogP contribution < -0.4 is 4.74 Å². The quantitative estimate of drug-likeness (QED) is 0.607. The molecule has 0 aliphatic rings. The Labute approximate surface area is 124 Å². The van der Waals surface area contributed by atoms with E-state index in [1.54, 1.807) is 31.9 Å². The molecule has 20 heavy (non-hydrogen) atoms. The van der Waals surface area contributed by atoms with E-state index in [0.29, 0.717) is 5.56 Å². The van der Waals surface area contributed by atoms with Crippen LogP contribution in [0, 0.1) is 6.92 Å². The van der Waals surface area contributed by atoms with Crippen LogP contribution in [-0.4, -0.2) is 19.1 Å². The first-order valence-electron chi connectivity index (χ1n) is 6.40. The number of thioether (sulfide) groups is 1. The molecule has 0 fully saturated rings. The molecule has 0 saturated carbocycles. The standard InChI is InChI=1S/C17H18O2S/c1-11-5-7-14(20-4)10-15(11)16-9-13(12(2)18)6-8-17(16)19-3/h5-10H,1-4H3. The molecule has 2 aromatic rings. The molecule has 0 amide bonds. The lowest BCUT2D eigenvalue weighted by atomic mass is 9.97. The molecule has 0 aliphatic carbocycles. The van der Waals surface area contributed by atoms with Gasteiger partial charge in [0, 0.05) is 16.0 Å². The first-order chi connectivity index (χ1) is 9.56. The number of rotatable bonds is 4. The van der Waals surface area contributed by atoms with Crippen LogP contribution in [0.4, 0.5) is 0 Å². The maximum Gasteiger partial charge on any atom is 0.159 e. The minimum Gasteiger partial charge on any atom is -0.496 e. The minimum atomic E-state index is 0.0626. The summed E-state index contributed by atoms with van der Waals surface area (Å²) in [6, 6.07) is 11.9. The Morgan fingerprint density at radius 3 is 2.45 bits per heavy atom. The number of hydrogen-bond acceptors (Lipinski definition) is 3. The molecule has 3 heteroatoms.